The van der Waals surface area contributed by atoms with E-state index in [0.29, 0.717) is 18.9 Å². The molecule has 0 saturated heterocycles. The molecule has 35 heavy (non-hydrogen) atoms. The second-order valence-electron chi connectivity index (χ2n) is 7.96. The third-order valence-corrected chi connectivity index (χ3v) is 6.84. The third kappa shape index (κ3) is 4.90. The van der Waals surface area contributed by atoms with Gasteiger partial charge < -0.3 is 13.5 Å². The van der Waals surface area contributed by atoms with Crippen LogP contribution in [0.2, 0.25) is 0 Å². The zero-order valence-corrected chi connectivity index (χ0v) is 20.0. The van der Waals surface area contributed by atoms with E-state index in [9.17, 15) is 8.42 Å². The van der Waals surface area contributed by atoms with Gasteiger partial charge in [-0.25, -0.2) is 4.98 Å². The highest BCUT2D eigenvalue weighted by molar-refractivity contribution is 7.87. The molecule has 0 saturated carbocycles. The standard InChI is InChI=1S/C28H24N2O4S/c1-2-33-23-16-18-25(19-17-23)35(31,32)34-24-14-12-22(13-15-24)28-29-26-10-6-7-11-27(26)30(28)20-21-8-4-3-5-9-21/h3-19H,2,20H2,1H3. The molecule has 176 valence electrons. The van der Waals surface area contributed by atoms with Gasteiger partial charge in [0.05, 0.1) is 17.6 Å². The van der Waals surface area contributed by atoms with Crippen LogP contribution in [0.15, 0.2) is 108 Å². The van der Waals surface area contributed by atoms with Gasteiger partial charge in [0, 0.05) is 12.1 Å². The number of hydrogen-bond donors (Lipinski definition) is 0. The predicted octanol–water partition coefficient (Wildman–Crippen LogP) is 5.92. The largest absolute Gasteiger partial charge is 0.494 e. The van der Waals surface area contributed by atoms with E-state index in [1.807, 2.05) is 55.5 Å². The molecular weight excluding hydrogens is 460 g/mol. The van der Waals surface area contributed by atoms with E-state index in [0.717, 1.165) is 22.4 Å². The number of ether oxygens (including phenoxy) is 1. The molecular formula is C28H24N2O4S. The summed E-state index contributed by atoms with van der Waals surface area (Å²) in [6, 6.07) is 31.3. The van der Waals surface area contributed by atoms with Crippen molar-refractivity contribution in [1.82, 2.24) is 9.55 Å². The highest BCUT2D eigenvalue weighted by Crippen LogP contribution is 2.28. The number of fused-ring (bicyclic) bond motifs is 1. The lowest BCUT2D eigenvalue weighted by molar-refractivity contribution is 0.340. The SMILES string of the molecule is CCOc1ccc(S(=O)(=O)Oc2ccc(-c3nc4ccccc4n3Cc3ccccc3)cc2)cc1. The van der Waals surface area contributed by atoms with Gasteiger partial charge in [0.1, 0.15) is 22.2 Å². The number of para-hydroxylation sites is 2. The molecule has 0 aliphatic heterocycles. The Labute approximate surface area is 204 Å². The van der Waals surface area contributed by atoms with Crippen LogP contribution in [0.4, 0.5) is 0 Å². The smallest absolute Gasteiger partial charge is 0.339 e. The molecule has 4 aromatic carbocycles. The van der Waals surface area contributed by atoms with Crippen LogP contribution in [-0.4, -0.2) is 24.6 Å². The molecule has 0 atom stereocenters. The van der Waals surface area contributed by atoms with Crippen LogP contribution in [0, 0.1) is 0 Å². The van der Waals surface area contributed by atoms with Gasteiger partial charge in [-0.05, 0) is 73.2 Å². The maximum atomic E-state index is 12.7. The first-order valence-electron chi connectivity index (χ1n) is 11.3. The van der Waals surface area contributed by atoms with Crippen molar-refractivity contribution in [1.29, 1.82) is 0 Å². The molecule has 6 nitrogen and oxygen atoms in total. The van der Waals surface area contributed by atoms with Gasteiger partial charge in [-0.2, -0.15) is 8.42 Å². The number of benzene rings is 4. The first kappa shape index (κ1) is 22.7. The van der Waals surface area contributed by atoms with E-state index in [2.05, 4.69) is 22.8 Å². The summed E-state index contributed by atoms with van der Waals surface area (Å²) in [5.41, 5.74) is 3.96. The van der Waals surface area contributed by atoms with Crippen molar-refractivity contribution in [2.75, 3.05) is 6.61 Å². The molecule has 0 radical (unpaired) electrons. The Morgan fingerprint density at radius 2 is 1.43 bits per heavy atom. The molecule has 7 heteroatoms. The Balaban J connectivity index is 1.43. The summed E-state index contributed by atoms with van der Waals surface area (Å²) in [7, 11) is -3.97. The highest BCUT2D eigenvalue weighted by Gasteiger charge is 2.18. The average molecular weight is 485 g/mol. The number of hydrogen-bond acceptors (Lipinski definition) is 5. The maximum Gasteiger partial charge on any atom is 0.339 e. The molecule has 5 rings (SSSR count). The zero-order chi connectivity index (χ0) is 24.3. The van der Waals surface area contributed by atoms with Gasteiger partial charge in [-0.3, -0.25) is 0 Å². The zero-order valence-electron chi connectivity index (χ0n) is 19.2. The summed E-state index contributed by atoms with van der Waals surface area (Å²) in [5, 5.41) is 0. The first-order chi connectivity index (χ1) is 17.0. The lowest BCUT2D eigenvalue weighted by Gasteiger charge is -2.11. The van der Waals surface area contributed by atoms with Crippen molar-refractivity contribution in [3.05, 3.63) is 109 Å². The maximum absolute atomic E-state index is 12.7. The fourth-order valence-corrected chi connectivity index (χ4v) is 4.86. The van der Waals surface area contributed by atoms with E-state index in [-0.39, 0.29) is 10.6 Å². The van der Waals surface area contributed by atoms with Crippen LogP contribution in [0.3, 0.4) is 0 Å². The monoisotopic (exact) mass is 484 g/mol. The van der Waals surface area contributed by atoms with E-state index >= 15 is 0 Å². The van der Waals surface area contributed by atoms with Crippen molar-refractivity contribution in [3.63, 3.8) is 0 Å². The molecule has 0 spiro atoms. The molecule has 0 N–H and O–H groups in total. The van der Waals surface area contributed by atoms with Crippen LogP contribution < -0.4 is 8.92 Å². The normalized spacial score (nSPS) is 11.5. The summed E-state index contributed by atoms with van der Waals surface area (Å²) in [5.74, 6) is 1.64. The van der Waals surface area contributed by atoms with Gasteiger partial charge in [0.15, 0.2) is 0 Å². The minimum Gasteiger partial charge on any atom is -0.494 e. The van der Waals surface area contributed by atoms with Gasteiger partial charge in [-0.1, -0.05) is 42.5 Å². The molecule has 1 aromatic heterocycles. The Morgan fingerprint density at radius 3 is 2.14 bits per heavy atom. The van der Waals surface area contributed by atoms with Crippen LogP contribution in [0.25, 0.3) is 22.4 Å². The topological polar surface area (TPSA) is 70.4 Å². The van der Waals surface area contributed by atoms with Crippen molar-refractivity contribution in [2.24, 2.45) is 0 Å². The van der Waals surface area contributed by atoms with E-state index in [4.69, 9.17) is 13.9 Å². The van der Waals surface area contributed by atoms with Gasteiger partial charge in [-0.15, -0.1) is 0 Å². The summed E-state index contributed by atoms with van der Waals surface area (Å²) in [6.45, 7) is 3.04. The average Bonchev–Trinajstić information content (AvgIpc) is 3.24. The minimum absolute atomic E-state index is 0.0645. The lowest BCUT2D eigenvalue weighted by atomic mass is 10.2. The van der Waals surface area contributed by atoms with Crippen LogP contribution in [0.1, 0.15) is 12.5 Å². The van der Waals surface area contributed by atoms with Crippen LogP contribution in [0.5, 0.6) is 11.5 Å². The lowest BCUT2D eigenvalue weighted by Crippen LogP contribution is -2.09. The van der Waals surface area contributed by atoms with Gasteiger partial charge in [0.2, 0.25) is 0 Å². The fourth-order valence-electron chi connectivity index (χ4n) is 3.93. The van der Waals surface area contributed by atoms with E-state index < -0.39 is 10.1 Å². The number of nitrogens with zero attached hydrogens (tertiary/aromatic N) is 2. The Morgan fingerprint density at radius 1 is 0.771 bits per heavy atom. The molecule has 0 aliphatic rings. The van der Waals surface area contributed by atoms with E-state index in [1.54, 1.807) is 24.3 Å². The second-order valence-corrected chi connectivity index (χ2v) is 9.51. The molecule has 5 aromatic rings. The Kier molecular flexibility index (Phi) is 6.25. The number of rotatable bonds is 8. The number of aromatic nitrogens is 2. The third-order valence-electron chi connectivity index (χ3n) is 5.58. The summed E-state index contributed by atoms with van der Waals surface area (Å²) >= 11 is 0. The molecule has 0 bridgehead atoms. The first-order valence-corrected chi connectivity index (χ1v) is 12.7. The Bertz CT molecular complexity index is 1540. The summed E-state index contributed by atoms with van der Waals surface area (Å²) in [4.78, 5) is 4.91. The van der Waals surface area contributed by atoms with Crippen molar-refractivity contribution in [3.8, 4) is 22.9 Å². The highest BCUT2D eigenvalue weighted by atomic mass is 32.2. The minimum atomic E-state index is -3.97. The van der Waals surface area contributed by atoms with Crippen molar-refractivity contribution in [2.45, 2.75) is 18.4 Å². The molecule has 0 aliphatic carbocycles. The predicted molar refractivity (Wildman–Crippen MR) is 136 cm³/mol. The van der Waals surface area contributed by atoms with Gasteiger partial charge in [0.25, 0.3) is 0 Å². The van der Waals surface area contributed by atoms with E-state index in [1.165, 1.54) is 17.7 Å². The van der Waals surface area contributed by atoms with Crippen LogP contribution in [-0.2, 0) is 16.7 Å². The second kappa shape index (κ2) is 9.64. The summed E-state index contributed by atoms with van der Waals surface area (Å²) in [6.07, 6.45) is 0. The van der Waals surface area contributed by atoms with Crippen LogP contribution >= 0.6 is 0 Å². The molecule has 1 heterocycles. The van der Waals surface area contributed by atoms with Crippen molar-refractivity contribution >= 4 is 21.2 Å². The van der Waals surface area contributed by atoms with Gasteiger partial charge >= 0.3 is 10.1 Å². The Hall–Kier alpha value is -4.10. The quantitative estimate of drug-likeness (QED) is 0.256. The molecule has 0 unspecified atom stereocenters. The fraction of sp³-hybridized carbons (Fsp3) is 0.107. The molecule has 0 fully saturated rings. The number of imidazole rings is 1. The van der Waals surface area contributed by atoms with Crippen molar-refractivity contribution < 1.29 is 17.3 Å². The summed E-state index contributed by atoms with van der Waals surface area (Å²) < 4.78 is 38.3. The molecule has 0 amide bonds.